The van der Waals surface area contributed by atoms with Gasteiger partial charge in [0.2, 0.25) is 0 Å². The number of rotatable bonds is 4. The maximum atomic E-state index is 12.3. The topological polar surface area (TPSA) is 29.5 Å². The van der Waals surface area contributed by atoms with E-state index in [9.17, 15) is 4.79 Å². The van der Waals surface area contributed by atoms with Crippen LogP contribution in [0, 0.1) is 0 Å². The highest BCUT2D eigenvalue weighted by Crippen LogP contribution is 2.17. The van der Waals surface area contributed by atoms with Crippen molar-refractivity contribution in [3.05, 3.63) is 29.8 Å². The first-order valence-electron chi connectivity index (χ1n) is 7.25. The maximum Gasteiger partial charge on any atom is 0.263 e. The Morgan fingerprint density at radius 1 is 1.32 bits per heavy atom. The summed E-state index contributed by atoms with van der Waals surface area (Å²) < 4.78 is 5.78. The van der Waals surface area contributed by atoms with E-state index in [0.29, 0.717) is 0 Å². The number of piperidine rings is 1. The SMILES string of the molecule is CCc1cccc(OC(C)C(=O)N2CCCCC2)c1. The van der Waals surface area contributed by atoms with Crippen LogP contribution in [0.3, 0.4) is 0 Å². The van der Waals surface area contributed by atoms with E-state index in [4.69, 9.17) is 4.74 Å². The molecule has 19 heavy (non-hydrogen) atoms. The summed E-state index contributed by atoms with van der Waals surface area (Å²) in [5.74, 6) is 0.902. The molecule has 0 N–H and O–H groups in total. The van der Waals surface area contributed by atoms with E-state index >= 15 is 0 Å². The van der Waals surface area contributed by atoms with Crippen molar-refractivity contribution >= 4 is 5.91 Å². The average Bonchev–Trinajstić information content (AvgIpc) is 2.47. The van der Waals surface area contributed by atoms with Crippen LogP contribution in [0.2, 0.25) is 0 Å². The first-order valence-corrected chi connectivity index (χ1v) is 7.25. The van der Waals surface area contributed by atoms with Gasteiger partial charge in [-0.1, -0.05) is 19.1 Å². The van der Waals surface area contributed by atoms with E-state index in [0.717, 1.165) is 38.1 Å². The molecule has 1 heterocycles. The summed E-state index contributed by atoms with van der Waals surface area (Å²) >= 11 is 0. The molecule has 0 aromatic heterocycles. The summed E-state index contributed by atoms with van der Waals surface area (Å²) in [6.45, 7) is 5.71. The van der Waals surface area contributed by atoms with Gasteiger partial charge in [0, 0.05) is 13.1 Å². The highest BCUT2D eigenvalue weighted by Gasteiger charge is 2.23. The van der Waals surface area contributed by atoms with Crippen LogP contribution in [-0.4, -0.2) is 30.0 Å². The Balaban J connectivity index is 1.95. The van der Waals surface area contributed by atoms with Crippen LogP contribution in [0.5, 0.6) is 5.75 Å². The third-order valence-electron chi connectivity index (χ3n) is 3.64. The molecule has 1 saturated heterocycles. The fourth-order valence-corrected chi connectivity index (χ4v) is 2.46. The first-order chi connectivity index (χ1) is 9.20. The number of benzene rings is 1. The molecule has 1 fully saturated rings. The molecular weight excluding hydrogens is 238 g/mol. The number of aryl methyl sites for hydroxylation is 1. The number of hydrogen-bond acceptors (Lipinski definition) is 2. The maximum absolute atomic E-state index is 12.3. The van der Waals surface area contributed by atoms with Crippen LogP contribution in [-0.2, 0) is 11.2 Å². The molecule has 1 amide bonds. The van der Waals surface area contributed by atoms with Crippen LogP contribution in [0.15, 0.2) is 24.3 Å². The lowest BCUT2D eigenvalue weighted by atomic mass is 10.1. The number of nitrogens with zero attached hydrogens (tertiary/aromatic N) is 1. The van der Waals surface area contributed by atoms with Crippen molar-refractivity contribution in [3.63, 3.8) is 0 Å². The fourth-order valence-electron chi connectivity index (χ4n) is 2.46. The Labute approximate surface area is 115 Å². The minimum absolute atomic E-state index is 0.113. The molecule has 3 heteroatoms. The van der Waals surface area contributed by atoms with E-state index in [2.05, 4.69) is 13.0 Å². The summed E-state index contributed by atoms with van der Waals surface area (Å²) in [7, 11) is 0. The molecule has 0 aliphatic carbocycles. The van der Waals surface area contributed by atoms with Crippen molar-refractivity contribution < 1.29 is 9.53 Å². The lowest BCUT2D eigenvalue weighted by Gasteiger charge is -2.29. The number of likely N-dealkylation sites (tertiary alicyclic amines) is 1. The van der Waals surface area contributed by atoms with Gasteiger partial charge < -0.3 is 9.64 Å². The van der Waals surface area contributed by atoms with Gasteiger partial charge in [-0.15, -0.1) is 0 Å². The fraction of sp³-hybridized carbons (Fsp3) is 0.562. The monoisotopic (exact) mass is 261 g/mol. The molecule has 0 saturated carbocycles. The zero-order chi connectivity index (χ0) is 13.7. The van der Waals surface area contributed by atoms with Gasteiger partial charge in [0.1, 0.15) is 5.75 Å². The molecule has 104 valence electrons. The number of carbonyl (C=O) groups is 1. The van der Waals surface area contributed by atoms with Gasteiger partial charge >= 0.3 is 0 Å². The first kappa shape index (κ1) is 13.9. The van der Waals surface area contributed by atoms with E-state index in [1.165, 1.54) is 12.0 Å². The molecule has 0 radical (unpaired) electrons. The van der Waals surface area contributed by atoms with Crippen molar-refractivity contribution in [2.75, 3.05) is 13.1 Å². The van der Waals surface area contributed by atoms with Crippen LogP contribution >= 0.6 is 0 Å². The minimum Gasteiger partial charge on any atom is -0.481 e. The molecule has 0 spiro atoms. The van der Waals surface area contributed by atoms with Crippen LogP contribution < -0.4 is 4.74 Å². The predicted octanol–water partition coefficient (Wildman–Crippen LogP) is 3.03. The zero-order valence-corrected chi connectivity index (χ0v) is 11.9. The predicted molar refractivity (Wildman–Crippen MR) is 76.3 cm³/mol. The minimum atomic E-state index is -0.398. The summed E-state index contributed by atoms with van der Waals surface area (Å²) in [5.41, 5.74) is 1.23. The van der Waals surface area contributed by atoms with Crippen molar-refractivity contribution in [1.82, 2.24) is 4.90 Å². The van der Waals surface area contributed by atoms with Gasteiger partial charge in [-0.25, -0.2) is 0 Å². The molecular formula is C16H23NO2. The van der Waals surface area contributed by atoms with Gasteiger partial charge in [-0.2, -0.15) is 0 Å². The van der Waals surface area contributed by atoms with Gasteiger partial charge in [-0.3, -0.25) is 4.79 Å². The normalized spacial score (nSPS) is 17.1. The zero-order valence-electron chi connectivity index (χ0n) is 11.9. The van der Waals surface area contributed by atoms with Crippen molar-refractivity contribution in [1.29, 1.82) is 0 Å². The Kier molecular flexibility index (Phi) is 4.83. The average molecular weight is 261 g/mol. The third kappa shape index (κ3) is 3.72. The lowest BCUT2D eigenvalue weighted by Crippen LogP contribution is -2.43. The van der Waals surface area contributed by atoms with E-state index in [1.54, 1.807) is 0 Å². The quantitative estimate of drug-likeness (QED) is 0.833. The second-order valence-corrected chi connectivity index (χ2v) is 5.15. The van der Waals surface area contributed by atoms with Crippen molar-refractivity contribution in [2.24, 2.45) is 0 Å². The summed E-state index contributed by atoms with van der Waals surface area (Å²) in [6, 6.07) is 7.98. The van der Waals surface area contributed by atoms with E-state index in [-0.39, 0.29) is 5.91 Å². The Morgan fingerprint density at radius 3 is 2.74 bits per heavy atom. The second-order valence-electron chi connectivity index (χ2n) is 5.15. The molecule has 1 atom stereocenters. The smallest absolute Gasteiger partial charge is 0.263 e. The molecule has 1 aliphatic heterocycles. The molecule has 2 rings (SSSR count). The number of hydrogen-bond donors (Lipinski definition) is 0. The van der Waals surface area contributed by atoms with Crippen molar-refractivity contribution in [3.8, 4) is 5.75 Å². The number of ether oxygens (including phenoxy) is 1. The van der Waals surface area contributed by atoms with E-state index in [1.807, 2.05) is 30.0 Å². The summed E-state index contributed by atoms with van der Waals surface area (Å²) in [6.07, 6.45) is 4.04. The standard InChI is InChI=1S/C16H23NO2/c1-3-14-8-7-9-15(12-14)19-13(2)16(18)17-10-5-4-6-11-17/h7-9,12-13H,3-6,10-11H2,1-2H3. The summed E-state index contributed by atoms with van der Waals surface area (Å²) in [4.78, 5) is 14.2. The second kappa shape index (κ2) is 6.60. The highest BCUT2D eigenvalue weighted by molar-refractivity contribution is 5.81. The van der Waals surface area contributed by atoms with Gasteiger partial charge in [0.25, 0.3) is 5.91 Å². The van der Waals surface area contributed by atoms with Crippen LogP contribution in [0.1, 0.15) is 38.7 Å². The molecule has 1 aromatic carbocycles. The molecule has 1 aromatic rings. The van der Waals surface area contributed by atoms with Gasteiger partial charge in [0.05, 0.1) is 0 Å². The Hall–Kier alpha value is -1.51. The molecule has 1 unspecified atom stereocenters. The largest absolute Gasteiger partial charge is 0.481 e. The molecule has 0 bridgehead atoms. The van der Waals surface area contributed by atoms with Crippen molar-refractivity contribution in [2.45, 2.75) is 45.6 Å². The number of amides is 1. The van der Waals surface area contributed by atoms with Gasteiger partial charge in [0.15, 0.2) is 6.10 Å². The number of carbonyl (C=O) groups excluding carboxylic acids is 1. The van der Waals surface area contributed by atoms with E-state index < -0.39 is 6.10 Å². The Morgan fingerprint density at radius 2 is 2.05 bits per heavy atom. The van der Waals surface area contributed by atoms with Crippen LogP contribution in [0.25, 0.3) is 0 Å². The highest BCUT2D eigenvalue weighted by atomic mass is 16.5. The van der Waals surface area contributed by atoms with Gasteiger partial charge in [-0.05, 0) is 50.3 Å². The molecule has 3 nitrogen and oxygen atoms in total. The Bertz CT molecular complexity index is 425. The lowest BCUT2D eigenvalue weighted by molar-refractivity contribution is -0.138. The third-order valence-corrected chi connectivity index (χ3v) is 3.64. The molecule has 1 aliphatic rings. The van der Waals surface area contributed by atoms with Crippen LogP contribution in [0.4, 0.5) is 0 Å². The summed E-state index contributed by atoms with van der Waals surface area (Å²) in [5, 5.41) is 0.